The molecule has 1 fully saturated rings. The third kappa shape index (κ3) is 1.76. The Hall–Kier alpha value is -1.31. The highest BCUT2D eigenvalue weighted by atomic mass is 16.2. The second kappa shape index (κ2) is 3.86. The standard InChI is InChI=1S/C15H19NO/c1-10-9-13-5-3-4-6-14(13)16(10)15(17)11(2)12-7-8-12/h3-6,10-12H,7-9H2,1-2H3. The lowest BCUT2D eigenvalue weighted by Gasteiger charge is -2.26. The molecule has 1 saturated carbocycles. The summed E-state index contributed by atoms with van der Waals surface area (Å²) in [6, 6.07) is 8.63. The van der Waals surface area contributed by atoms with Crippen LogP contribution in [-0.4, -0.2) is 11.9 Å². The monoisotopic (exact) mass is 229 g/mol. The first-order chi connectivity index (χ1) is 8.18. The fourth-order valence-corrected chi connectivity index (χ4v) is 2.92. The van der Waals surface area contributed by atoms with Crippen LogP contribution in [0.15, 0.2) is 24.3 Å². The predicted molar refractivity (Wildman–Crippen MR) is 69.0 cm³/mol. The first-order valence-electron chi connectivity index (χ1n) is 6.59. The Morgan fingerprint density at radius 2 is 2.06 bits per heavy atom. The van der Waals surface area contributed by atoms with Crippen molar-refractivity contribution in [2.24, 2.45) is 11.8 Å². The lowest BCUT2D eigenvalue weighted by molar-refractivity contribution is -0.122. The minimum absolute atomic E-state index is 0.198. The van der Waals surface area contributed by atoms with E-state index in [-0.39, 0.29) is 5.92 Å². The third-order valence-corrected chi connectivity index (χ3v) is 4.16. The smallest absolute Gasteiger partial charge is 0.230 e. The molecular weight excluding hydrogens is 210 g/mol. The van der Waals surface area contributed by atoms with Crippen molar-refractivity contribution in [3.8, 4) is 0 Å². The normalized spacial score (nSPS) is 24.6. The van der Waals surface area contributed by atoms with Gasteiger partial charge in [-0.3, -0.25) is 4.79 Å². The van der Waals surface area contributed by atoms with Gasteiger partial charge in [0.15, 0.2) is 0 Å². The molecule has 0 saturated heterocycles. The number of anilines is 1. The zero-order valence-corrected chi connectivity index (χ0v) is 10.5. The number of para-hydroxylation sites is 1. The molecule has 1 aliphatic carbocycles. The molecule has 1 aliphatic heterocycles. The second-order valence-electron chi connectivity index (χ2n) is 5.52. The molecule has 2 aliphatic rings. The van der Waals surface area contributed by atoms with Crippen LogP contribution < -0.4 is 4.90 Å². The van der Waals surface area contributed by atoms with E-state index in [1.165, 1.54) is 18.4 Å². The molecule has 0 bridgehead atoms. The summed E-state index contributed by atoms with van der Waals surface area (Å²) in [5.41, 5.74) is 2.45. The molecule has 0 N–H and O–H groups in total. The largest absolute Gasteiger partial charge is 0.309 e. The van der Waals surface area contributed by atoms with Gasteiger partial charge in [-0.15, -0.1) is 0 Å². The van der Waals surface area contributed by atoms with Crippen LogP contribution in [0, 0.1) is 11.8 Å². The van der Waals surface area contributed by atoms with Crippen molar-refractivity contribution in [1.82, 2.24) is 0 Å². The molecule has 3 rings (SSSR count). The lowest BCUT2D eigenvalue weighted by atomic mass is 10.0. The van der Waals surface area contributed by atoms with E-state index in [9.17, 15) is 4.79 Å². The molecule has 2 nitrogen and oxygen atoms in total. The van der Waals surface area contributed by atoms with E-state index in [4.69, 9.17) is 0 Å². The van der Waals surface area contributed by atoms with Crippen molar-refractivity contribution in [1.29, 1.82) is 0 Å². The number of carbonyl (C=O) groups excluding carboxylic acids is 1. The molecule has 2 atom stereocenters. The minimum Gasteiger partial charge on any atom is -0.309 e. The zero-order chi connectivity index (χ0) is 12.0. The SMILES string of the molecule is CC(C(=O)N1c2ccccc2CC1C)C1CC1. The molecule has 2 unspecified atom stereocenters. The Morgan fingerprint density at radius 3 is 2.76 bits per heavy atom. The maximum absolute atomic E-state index is 12.5. The molecule has 0 spiro atoms. The lowest BCUT2D eigenvalue weighted by Crippen LogP contribution is -2.39. The number of carbonyl (C=O) groups is 1. The fourth-order valence-electron chi connectivity index (χ4n) is 2.92. The molecule has 1 aromatic rings. The van der Waals surface area contributed by atoms with Crippen LogP contribution >= 0.6 is 0 Å². The van der Waals surface area contributed by atoms with Crippen molar-refractivity contribution < 1.29 is 4.79 Å². The highest BCUT2D eigenvalue weighted by Gasteiger charge is 2.39. The summed E-state index contributed by atoms with van der Waals surface area (Å²) >= 11 is 0. The van der Waals surface area contributed by atoms with Crippen LogP contribution in [0.25, 0.3) is 0 Å². The summed E-state index contributed by atoms with van der Waals surface area (Å²) in [5.74, 6) is 1.16. The number of hydrogen-bond acceptors (Lipinski definition) is 1. The molecule has 0 radical (unpaired) electrons. The van der Waals surface area contributed by atoms with E-state index < -0.39 is 0 Å². The Bertz CT molecular complexity index is 450. The van der Waals surface area contributed by atoms with Crippen LogP contribution in [0.2, 0.25) is 0 Å². The predicted octanol–water partition coefficient (Wildman–Crippen LogP) is 3.01. The van der Waals surface area contributed by atoms with E-state index in [1.54, 1.807) is 0 Å². The van der Waals surface area contributed by atoms with Gasteiger partial charge in [-0.2, -0.15) is 0 Å². The third-order valence-electron chi connectivity index (χ3n) is 4.16. The van der Waals surface area contributed by atoms with Crippen LogP contribution in [0.3, 0.4) is 0 Å². The zero-order valence-electron chi connectivity index (χ0n) is 10.5. The molecular formula is C15H19NO. The van der Waals surface area contributed by atoms with Gasteiger partial charge in [0.1, 0.15) is 0 Å². The molecule has 1 amide bonds. The van der Waals surface area contributed by atoms with Crippen molar-refractivity contribution in [2.45, 2.75) is 39.2 Å². The van der Waals surface area contributed by atoms with Crippen LogP contribution in [-0.2, 0) is 11.2 Å². The maximum Gasteiger partial charge on any atom is 0.230 e. The van der Waals surface area contributed by atoms with E-state index in [0.29, 0.717) is 17.9 Å². The van der Waals surface area contributed by atoms with Gasteiger partial charge in [-0.25, -0.2) is 0 Å². The maximum atomic E-state index is 12.5. The summed E-state index contributed by atoms with van der Waals surface area (Å²) in [4.78, 5) is 14.6. The van der Waals surface area contributed by atoms with Crippen LogP contribution in [0.4, 0.5) is 5.69 Å². The minimum atomic E-state index is 0.198. The second-order valence-corrected chi connectivity index (χ2v) is 5.52. The van der Waals surface area contributed by atoms with Crippen molar-refractivity contribution in [3.05, 3.63) is 29.8 Å². The van der Waals surface area contributed by atoms with Crippen molar-refractivity contribution in [3.63, 3.8) is 0 Å². The number of benzene rings is 1. The van der Waals surface area contributed by atoms with Gasteiger partial charge in [0, 0.05) is 17.6 Å². The summed E-state index contributed by atoms with van der Waals surface area (Å²) in [6.07, 6.45) is 3.47. The number of hydrogen-bond donors (Lipinski definition) is 0. The Kier molecular flexibility index (Phi) is 2.46. The first-order valence-corrected chi connectivity index (χ1v) is 6.59. The summed E-state index contributed by atoms with van der Waals surface area (Å²) in [5, 5.41) is 0. The fraction of sp³-hybridized carbons (Fsp3) is 0.533. The van der Waals surface area contributed by atoms with Crippen LogP contribution in [0.1, 0.15) is 32.3 Å². The highest BCUT2D eigenvalue weighted by molar-refractivity contribution is 5.97. The summed E-state index contributed by atoms with van der Waals surface area (Å²) < 4.78 is 0. The van der Waals surface area contributed by atoms with Crippen molar-refractivity contribution in [2.75, 3.05) is 4.90 Å². The number of nitrogens with zero attached hydrogens (tertiary/aromatic N) is 1. The molecule has 17 heavy (non-hydrogen) atoms. The Balaban J connectivity index is 1.89. The Labute approximate surface area is 103 Å². The van der Waals surface area contributed by atoms with Gasteiger partial charge >= 0.3 is 0 Å². The van der Waals surface area contributed by atoms with Gasteiger partial charge in [0.05, 0.1) is 0 Å². The van der Waals surface area contributed by atoms with Crippen molar-refractivity contribution >= 4 is 11.6 Å². The average Bonchev–Trinajstić information content (AvgIpc) is 3.10. The van der Waals surface area contributed by atoms with E-state index in [2.05, 4.69) is 32.0 Å². The van der Waals surface area contributed by atoms with E-state index in [0.717, 1.165) is 12.1 Å². The molecule has 1 heterocycles. The van der Waals surface area contributed by atoms with Gasteiger partial charge in [0.2, 0.25) is 5.91 Å². The first kappa shape index (κ1) is 10.8. The molecule has 0 aromatic heterocycles. The van der Waals surface area contributed by atoms with Crippen LogP contribution in [0.5, 0.6) is 0 Å². The van der Waals surface area contributed by atoms with Gasteiger partial charge in [-0.1, -0.05) is 25.1 Å². The van der Waals surface area contributed by atoms with Gasteiger partial charge in [0.25, 0.3) is 0 Å². The number of rotatable bonds is 2. The highest BCUT2D eigenvalue weighted by Crippen LogP contribution is 2.40. The quantitative estimate of drug-likeness (QED) is 0.763. The van der Waals surface area contributed by atoms with E-state index >= 15 is 0 Å². The topological polar surface area (TPSA) is 20.3 Å². The summed E-state index contributed by atoms with van der Waals surface area (Å²) in [6.45, 7) is 4.24. The van der Waals surface area contributed by atoms with Gasteiger partial charge in [-0.05, 0) is 43.7 Å². The number of fused-ring (bicyclic) bond motifs is 1. The summed E-state index contributed by atoms with van der Waals surface area (Å²) in [7, 11) is 0. The van der Waals surface area contributed by atoms with E-state index in [1.807, 2.05) is 11.0 Å². The number of amides is 1. The Morgan fingerprint density at radius 1 is 1.35 bits per heavy atom. The molecule has 1 aromatic carbocycles. The molecule has 2 heteroatoms. The molecule has 90 valence electrons. The van der Waals surface area contributed by atoms with Gasteiger partial charge < -0.3 is 4.90 Å². The average molecular weight is 229 g/mol.